The SMILES string of the molecule is CC(C)(C)C1/C(F)=C\C(F)=C/C(F)/C=C\1F. The van der Waals surface area contributed by atoms with E-state index in [2.05, 4.69) is 0 Å². The van der Waals surface area contributed by atoms with E-state index in [1.807, 2.05) is 0 Å². The van der Waals surface area contributed by atoms with Gasteiger partial charge in [0.25, 0.3) is 0 Å². The van der Waals surface area contributed by atoms with Gasteiger partial charge in [-0.2, -0.15) is 0 Å². The Hall–Kier alpha value is -1.06. The van der Waals surface area contributed by atoms with Crippen molar-refractivity contribution in [2.45, 2.75) is 26.9 Å². The summed E-state index contributed by atoms with van der Waals surface area (Å²) in [6.45, 7) is 4.82. The lowest BCUT2D eigenvalue weighted by Crippen LogP contribution is -2.23. The standard InChI is InChI=1S/C12H14F4/c1-12(2,3)11-9(15)5-7(13)4-8(14)6-10(11)16/h4-7,11H,1-3H3/b8-4+,9-5+,10-6+. The highest BCUT2D eigenvalue weighted by Crippen LogP contribution is 2.40. The van der Waals surface area contributed by atoms with Crippen LogP contribution in [0.4, 0.5) is 17.6 Å². The van der Waals surface area contributed by atoms with Gasteiger partial charge >= 0.3 is 0 Å². The predicted octanol–water partition coefficient (Wildman–Crippen LogP) is 4.56. The molecule has 2 unspecified atom stereocenters. The topological polar surface area (TPSA) is 0 Å². The Bertz CT molecular complexity index is 358. The summed E-state index contributed by atoms with van der Waals surface area (Å²) in [5.41, 5.74) is -0.779. The predicted molar refractivity (Wildman–Crippen MR) is 55.4 cm³/mol. The van der Waals surface area contributed by atoms with Crippen LogP contribution in [0.25, 0.3) is 0 Å². The number of hydrogen-bond donors (Lipinski definition) is 0. The molecule has 0 saturated heterocycles. The molecule has 0 aromatic heterocycles. The maximum atomic E-state index is 13.6. The van der Waals surface area contributed by atoms with Crippen LogP contribution in [-0.2, 0) is 0 Å². The molecular formula is C12H14F4. The van der Waals surface area contributed by atoms with Crippen molar-refractivity contribution < 1.29 is 17.6 Å². The fourth-order valence-corrected chi connectivity index (χ4v) is 1.67. The van der Waals surface area contributed by atoms with Crippen LogP contribution in [0.5, 0.6) is 0 Å². The van der Waals surface area contributed by atoms with Crippen molar-refractivity contribution in [1.29, 1.82) is 0 Å². The van der Waals surface area contributed by atoms with Crippen molar-refractivity contribution in [1.82, 2.24) is 0 Å². The molecule has 0 aromatic rings. The molecule has 16 heavy (non-hydrogen) atoms. The van der Waals surface area contributed by atoms with E-state index in [-0.39, 0.29) is 0 Å². The number of hydrogen-bond acceptors (Lipinski definition) is 0. The Morgan fingerprint density at radius 3 is 2.06 bits per heavy atom. The monoisotopic (exact) mass is 234 g/mol. The molecule has 4 heteroatoms. The molecule has 2 atom stereocenters. The summed E-state index contributed by atoms with van der Waals surface area (Å²) in [4.78, 5) is 0. The van der Waals surface area contributed by atoms with Gasteiger partial charge < -0.3 is 0 Å². The van der Waals surface area contributed by atoms with Gasteiger partial charge in [-0.25, -0.2) is 17.6 Å². The normalized spacial score (nSPS) is 37.3. The van der Waals surface area contributed by atoms with Crippen molar-refractivity contribution in [2.24, 2.45) is 11.3 Å². The average molecular weight is 234 g/mol. The van der Waals surface area contributed by atoms with Crippen LogP contribution in [0.15, 0.2) is 35.7 Å². The van der Waals surface area contributed by atoms with E-state index in [1.165, 1.54) is 0 Å². The maximum Gasteiger partial charge on any atom is 0.142 e. The van der Waals surface area contributed by atoms with Gasteiger partial charge in [-0.05, 0) is 17.6 Å². The summed E-state index contributed by atoms with van der Waals surface area (Å²) in [6.07, 6.45) is -0.205. The first-order valence-corrected chi connectivity index (χ1v) is 4.97. The lowest BCUT2D eigenvalue weighted by molar-refractivity contribution is 0.241. The molecule has 0 spiro atoms. The molecule has 1 aliphatic carbocycles. The Kier molecular flexibility index (Phi) is 3.61. The van der Waals surface area contributed by atoms with E-state index >= 15 is 0 Å². The first-order chi connectivity index (χ1) is 7.21. The van der Waals surface area contributed by atoms with E-state index < -0.39 is 35.0 Å². The van der Waals surface area contributed by atoms with Gasteiger partial charge in [-0.15, -0.1) is 0 Å². The first-order valence-electron chi connectivity index (χ1n) is 4.97. The largest absolute Gasteiger partial charge is 0.238 e. The zero-order chi connectivity index (χ0) is 12.5. The molecule has 0 N–H and O–H groups in total. The second-order valence-corrected chi connectivity index (χ2v) is 4.88. The molecule has 90 valence electrons. The number of alkyl halides is 1. The summed E-state index contributed by atoms with van der Waals surface area (Å²) in [5, 5.41) is 0. The molecule has 0 fully saturated rings. The molecule has 1 rings (SSSR count). The van der Waals surface area contributed by atoms with Crippen molar-refractivity contribution in [2.75, 3.05) is 0 Å². The minimum absolute atomic E-state index is 0.526. The number of rotatable bonds is 0. The van der Waals surface area contributed by atoms with Crippen LogP contribution >= 0.6 is 0 Å². The first kappa shape index (κ1) is 13.0. The lowest BCUT2D eigenvalue weighted by atomic mass is 9.78. The van der Waals surface area contributed by atoms with Gasteiger partial charge in [0.2, 0.25) is 0 Å². The van der Waals surface area contributed by atoms with Crippen molar-refractivity contribution >= 4 is 0 Å². The molecule has 1 aliphatic rings. The third-order valence-corrected chi connectivity index (χ3v) is 2.33. The summed E-state index contributed by atoms with van der Waals surface area (Å²) in [6, 6.07) is 0. The quantitative estimate of drug-likeness (QED) is 0.539. The maximum absolute atomic E-state index is 13.6. The highest BCUT2D eigenvalue weighted by atomic mass is 19.2. The van der Waals surface area contributed by atoms with Gasteiger partial charge in [-0.3, -0.25) is 0 Å². The molecule has 0 heterocycles. The molecule has 0 aromatic carbocycles. The Labute approximate surface area is 92.3 Å². The number of allylic oxidation sites excluding steroid dienone is 6. The Morgan fingerprint density at radius 2 is 1.56 bits per heavy atom. The zero-order valence-corrected chi connectivity index (χ0v) is 9.40. The molecule has 0 aliphatic heterocycles. The van der Waals surface area contributed by atoms with E-state index in [9.17, 15) is 17.6 Å². The highest BCUT2D eigenvalue weighted by Gasteiger charge is 2.34. The molecule has 0 nitrogen and oxygen atoms in total. The smallest absolute Gasteiger partial charge is 0.142 e. The van der Waals surface area contributed by atoms with E-state index in [0.29, 0.717) is 18.2 Å². The minimum Gasteiger partial charge on any atom is -0.238 e. The Morgan fingerprint density at radius 1 is 1.00 bits per heavy atom. The fourth-order valence-electron chi connectivity index (χ4n) is 1.67. The second kappa shape index (κ2) is 4.44. The summed E-state index contributed by atoms with van der Waals surface area (Å²) in [5.74, 6) is -4.10. The van der Waals surface area contributed by atoms with Crippen LogP contribution in [0.2, 0.25) is 0 Å². The van der Waals surface area contributed by atoms with E-state index in [1.54, 1.807) is 20.8 Å². The van der Waals surface area contributed by atoms with Crippen LogP contribution in [0, 0.1) is 11.3 Å². The average Bonchev–Trinajstić information content (AvgIpc) is 1.96. The third-order valence-electron chi connectivity index (χ3n) is 2.33. The van der Waals surface area contributed by atoms with Crippen molar-refractivity contribution in [3.63, 3.8) is 0 Å². The molecule has 0 radical (unpaired) electrons. The fraction of sp³-hybridized carbons (Fsp3) is 0.500. The van der Waals surface area contributed by atoms with Crippen LogP contribution < -0.4 is 0 Å². The van der Waals surface area contributed by atoms with E-state index in [4.69, 9.17) is 0 Å². The highest BCUT2D eigenvalue weighted by molar-refractivity contribution is 5.28. The summed E-state index contributed by atoms with van der Waals surface area (Å²) >= 11 is 0. The lowest BCUT2D eigenvalue weighted by Gasteiger charge is -2.28. The molecule has 0 bridgehead atoms. The van der Waals surface area contributed by atoms with Gasteiger partial charge in [0.15, 0.2) is 0 Å². The van der Waals surface area contributed by atoms with Crippen LogP contribution in [-0.4, -0.2) is 6.17 Å². The second-order valence-electron chi connectivity index (χ2n) is 4.88. The zero-order valence-electron chi connectivity index (χ0n) is 9.40. The van der Waals surface area contributed by atoms with Gasteiger partial charge in [0, 0.05) is 6.08 Å². The van der Waals surface area contributed by atoms with Crippen LogP contribution in [0.3, 0.4) is 0 Å². The van der Waals surface area contributed by atoms with Gasteiger partial charge in [0.1, 0.15) is 23.7 Å². The molecular weight excluding hydrogens is 220 g/mol. The van der Waals surface area contributed by atoms with Crippen molar-refractivity contribution in [3.8, 4) is 0 Å². The van der Waals surface area contributed by atoms with Gasteiger partial charge in [-0.1, -0.05) is 20.8 Å². The van der Waals surface area contributed by atoms with Gasteiger partial charge in [0.05, 0.1) is 5.92 Å². The van der Waals surface area contributed by atoms with Crippen LogP contribution in [0.1, 0.15) is 20.8 Å². The minimum atomic E-state index is -1.87. The summed E-state index contributed by atoms with van der Waals surface area (Å²) < 4.78 is 53.2. The molecule has 0 amide bonds. The van der Waals surface area contributed by atoms with E-state index in [0.717, 1.165) is 0 Å². The Balaban J connectivity index is 3.26. The molecule has 0 saturated carbocycles. The summed E-state index contributed by atoms with van der Waals surface area (Å²) in [7, 11) is 0. The van der Waals surface area contributed by atoms with Crippen molar-refractivity contribution in [3.05, 3.63) is 35.7 Å². The number of halogens is 4. The third kappa shape index (κ3) is 2.97.